The van der Waals surface area contributed by atoms with Gasteiger partial charge in [0.05, 0.1) is 0 Å². The van der Waals surface area contributed by atoms with Gasteiger partial charge in [0.2, 0.25) is 0 Å². The first-order valence-corrected chi connectivity index (χ1v) is 6.13. The Kier molecular flexibility index (Phi) is 4.14. The molecular weight excluding hydrogens is 258 g/mol. The van der Waals surface area contributed by atoms with Gasteiger partial charge >= 0.3 is 5.97 Å². The fourth-order valence-corrected chi connectivity index (χ4v) is 1.82. The van der Waals surface area contributed by atoms with Gasteiger partial charge in [-0.05, 0) is 11.6 Å². The zero-order valence-corrected chi connectivity index (χ0v) is 11.0. The molecule has 0 aliphatic heterocycles. The number of rotatable bonds is 5. The summed E-state index contributed by atoms with van der Waals surface area (Å²) in [5.74, 6) is -1.56. The molecule has 6 heteroatoms. The fourth-order valence-electron chi connectivity index (χ4n) is 1.82. The van der Waals surface area contributed by atoms with Crippen LogP contribution in [-0.2, 0) is 18.3 Å². The van der Waals surface area contributed by atoms with Crippen LogP contribution in [0.1, 0.15) is 16.1 Å². The minimum atomic E-state index is -1.07. The summed E-state index contributed by atoms with van der Waals surface area (Å²) in [6.07, 6.45) is 1.86. The largest absolute Gasteiger partial charge is 0.480 e. The van der Waals surface area contributed by atoms with Crippen molar-refractivity contribution in [1.82, 2.24) is 15.1 Å². The van der Waals surface area contributed by atoms with Gasteiger partial charge in [0.25, 0.3) is 5.91 Å². The molecule has 0 bridgehead atoms. The van der Waals surface area contributed by atoms with Crippen LogP contribution in [0.3, 0.4) is 0 Å². The molecule has 0 aliphatic carbocycles. The predicted molar refractivity (Wildman–Crippen MR) is 72.2 cm³/mol. The maximum absolute atomic E-state index is 11.9. The number of hydrogen-bond acceptors (Lipinski definition) is 3. The number of amides is 1. The van der Waals surface area contributed by atoms with Gasteiger partial charge in [-0.1, -0.05) is 30.3 Å². The monoisotopic (exact) mass is 273 g/mol. The number of hydrogen-bond donors (Lipinski definition) is 2. The number of carboxylic acid groups (broad SMARTS) is 1. The maximum Gasteiger partial charge on any atom is 0.326 e. The van der Waals surface area contributed by atoms with E-state index in [0.717, 1.165) is 5.56 Å². The molecule has 6 nitrogen and oxygen atoms in total. The second-order valence-corrected chi connectivity index (χ2v) is 4.43. The van der Waals surface area contributed by atoms with E-state index in [1.54, 1.807) is 13.2 Å². The van der Waals surface area contributed by atoms with Crippen LogP contribution in [0.4, 0.5) is 0 Å². The number of benzene rings is 1. The smallest absolute Gasteiger partial charge is 0.326 e. The summed E-state index contributed by atoms with van der Waals surface area (Å²) in [4.78, 5) is 23.1. The lowest BCUT2D eigenvalue weighted by Gasteiger charge is -2.13. The van der Waals surface area contributed by atoms with E-state index in [0.29, 0.717) is 0 Å². The Morgan fingerprint density at radius 2 is 2.00 bits per heavy atom. The fraction of sp³-hybridized carbons (Fsp3) is 0.214. The van der Waals surface area contributed by atoms with E-state index in [4.69, 9.17) is 0 Å². The van der Waals surface area contributed by atoms with Crippen molar-refractivity contribution in [3.63, 3.8) is 0 Å². The average molecular weight is 273 g/mol. The van der Waals surface area contributed by atoms with Crippen LogP contribution in [-0.4, -0.2) is 32.8 Å². The molecule has 20 heavy (non-hydrogen) atoms. The molecule has 1 heterocycles. The third-order valence-electron chi connectivity index (χ3n) is 2.83. The topological polar surface area (TPSA) is 84.2 Å². The molecule has 1 atom stereocenters. The zero-order chi connectivity index (χ0) is 14.5. The highest BCUT2D eigenvalue weighted by molar-refractivity contribution is 5.94. The highest BCUT2D eigenvalue weighted by Crippen LogP contribution is 2.04. The van der Waals surface area contributed by atoms with Gasteiger partial charge in [-0.15, -0.1) is 0 Å². The Morgan fingerprint density at radius 1 is 1.30 bits per heavy atom. The summed E-state index contributed by atoms with van der Waals surface area (Å²) in [7, 11) is 1.69. The third kappa shape index (κ3) is 3.44. The lowest BCUT2D eigenvalue weighted by Crippen LogP contribution is -2.42. The number of aromatic nitrogens is 2. The van der Waals surface area contributed by atoms with E-state index in [-0.39, 0.29) is 12.1 Å². The average Bonchev–Trinajstić information content (AvgIpc) is 2.86. The SMILES string of the molecule is Cn1ccc(C(=O)N[C@H](Cc2ccccc2)C(=O)O)n1. The van der Waals surface area contributed by atoms with Crippen LogP contribution in [0.5, 0.6) is 0 Å². The van der Waals surface area contributed by atoms with E-state index in [1.165, 1.54) is 10.7 Å². The summed E-state index contributed by atoms with van der Waals surface area (Å²) in [6.45, 7) is 0. The first kappa shape index (κ1) is 13.8. The molecule has 2 rings (SSSR count). The van der Waals surface area contributed by atoms with Gasteiger partial charge in [0.1, 0.15) is 11.7 Å². The number of aliphatic carboxylic acids is 1. The van der Waals surface area contributed by atoms with E-state index >= 15 is 0 Å². The standard InChI is InChI=1S/C14H15N3O3/c1-17-8-7-11(16-17)13(18)15-12(14(19)20)9-10-5-3-2-4-6-10/h2-8,12H,9H2,1H3,(H,15,18)(H,19,20)/t12-/m1/s1. The lowest BCUT2D eigenvalue weighted by atomic mass is 10.1. The van der Waals surface area contributed by atoms with Crippen molar-refractivity contribution in [2.75, 3.05) is 0 Å². The van der Waals surface area contributed by atoms with Crippen molar-refractivity contribution < 1.29 is 14.7 Å². The lowest BCUT2D eigenvalue weighted by molar-refractivity contribution is -0.139. The Balaban J connectivity index is 2.06. The van der Waals surface area contributed by atoms with Crippen LogP contribution in [0.2, 0.25) is 0 Å². The first-order chi connectivity index (χ1) is 9.56. The van der Waals surface area contributed by atoms with Crippen LogP contribution in [0.25, 0.3) is 0 Å². The number of carbonyl (C=O) groups excluding carboxylic acids is 1. The molecule has 2 N–H and O–H groups in total. The van der Waals surface area contributed by atoms with Gasteiger partial charge in [0, 0.05) is 19.7 Å². The summed E-state index contributed by atoms with van der Waals surface area (Å²) in [6, 6.07) is 9.71. The normalized spacial score (nSPS) is 11.8. The van der Waals surface area contributed by atoms with Gasteiger partial charge < -0.3 is 10.4 Å². The van der Waals surface area contributed by atoms with E-state index in [1.807, 2.05) is 30.3 Å². The van der Waals surface area contributed by atoms with Crippen molar-refractivity contribution in [2.24, 2.45) is 7.05 Å². The molecule has 1 aromatic heterocycles. The molecule has 1 amide bonds. The first-order valence-electron chi connectivity index (χ1n) is 6.13. The Bertz CT molecular complexity index is 607. The van der Waals surface area contributed by atoms with Crippen LogP contribution >= 0.6 is 0 Å². The second-order valence-electron chi connectivity index (χ2n) is 4.43. The molecule has 0 aliphatic rings. The van der Waals surface area contributed by atoms with Crippen LogP contribution in [0, 0.1) is 0 Å². The zero-order valence-electron chi connectivity index (χ0n) is 11.0. The van der Waals surface area contributed by atoms with Gasteiger partial charge in [0.15, 0.2) is 0 Å². The Labute approximate surface area is 116 Å². The van der Waals surface area contributed by atoms with Crippen LogP contribution in [0.15, 0.2) is 42.6 Å². The minimum absolute atomic E-state index is 0.201. The molecule has 0 fully saturated rings. The predicted octanol–water partition coefficient (Wildman–Crippen LogP) is 0.846. The molecular formula is C14H15N3O3. The van der Waals surface area contributed by atoms with Crippen molar-refractivity contribution in [3.05, 3.63) is 53.9 Å². The van der Waals surface area contributed by atoms with Gasteiger partial charge in [-0.25, -0.2) is 4.79 Å². The van der Waals surface area contributed by atoms with Crippen molar-refractivity contribution >= 4 is 11.9 Å². The number of nitrogens with zero attached hydrogens (tertiary/aromatic N) is 2. The van der Waals surface area contributed by atoms with Gasteiger partial charge in [-0.3, -0.25) is 9.48 Å². The van der Waals surface area contributed by atoms with E-state index in [2.05, 4.69) is 10.4 Å². The molecule has 2 aromatic rings. The van der Waals surface area contributed by atoms with Gasteiger partial charge in [-0.2, -0.15) is 5.10 Å². The van der Waals surface area contributed by atoms with Crippen molar-refractivity contribution in [1.29, 1.82) is 0 Å². The highest BCUT2D eigenvalue weighted by atomic mass is 16.4. The summed E-state index contributed by atoms with van der Waals surface area (Å²) >= 11 is 0. The number of aryl methyl sites for hydroxylation is 1. The van der Waals surface area contributed by atoms with Crippen LogP contribution < -0.4 is 5.32 Å². The molecule has 0 saturated carbocycles. The molecule has 0 unspecified atom stereocenters. The Hall–Kier alpha value is -2.63. The number of nitrogens with one attached hydrogen (secondary N) is 1. The Morgan fingerprint density at radius 3 is 2.55 bits per heavy atom. The molecule has 104 valence electrons. The highest BCUT2D eigenvalue weighted by Gasteiger charge is 2.22. The minimum Gasteiger partial charge on any atom is -0.480 e. The van der Waals surface area contributed by atoms with Crippen molar-refractivity contribution in [3.8, 4) is 0 Å². The summed E-state index contributed by atoms with van der Waals surface area (Å²) in [5.41, 5.74) is 1.05. The second kappa shape index (κ2) is 6.01. The van der Waals surface area contributed by atoms with E-state index in [9.17, 15) is 14.7 Å². The molecule has 0 radical (unpaired) electrons. The quantitative estimate of drug-likeness (QED) is 0.845. The summed E-state index contributed by atoms with van der Waals surface area (Å²) < 4.78 is 1.49. The van der Waals surface area contributed by atoms with E-state index < -0.39 is 17.9 Å². The number of carbonyl (C=O) groups is 2. The third-order valence-corrected chi connectivity index (χ3v) is 2.83. The molecule has 0 saturated heterocycles. The summed E-state index contributed by atoms with van der Waals surface area (Å²) in [5, 5.41) is 15.6. The molecule has 0 spiro atoms. The van der Waals surface area contributed by atoms with Crippen molar-refractivity contribution in [2.45, 2.75) is 12.5 Å². The number of carboxylic acids is 1. The molecule has 1 aromatic carbocycles. The maximum atomic E-state index is 11.9.